The van der Waals surface area contributed by atoms with Crippen molar-refractivity contribution in [2.75, 3.05) is 29.6 Å². The molecular formula is C18H22N2O5S. The van der Waals surface area contributed by atoms with E-state index in [9.17, 15) is 19.5 Å². The summed E-state index contributed by atoms with van der Waals surface area (Å²) < 4.78 is 5.57. The van der Waals surface area contributed by atoms with Crippen LogP contribution in [0.25, 0.3) is 0 Å². The van der Waals surface area contributed by atoms with Gasteiger partial charge in [0.1, 0.15) is 11.3 Å². The van der Waals surface area contributed by atoms with E-state index in [-0.39, 0.29) is 24.8 Å². The lowest BCUT2D eigenvalue weighted by Gasteiger charge is -2.26. The maximum atomic E-state index is 12.7. The molecule has 8 heteroatoms. The van der Waals surface area contributed by atoms with Gasteiger partial charge in [0.05, 0.1) is 18.2 Å². The molecule has 2 amide bonds. The Morgan fingerprint density at radius 2 is 2.19 bits per heavy atom. The second-order valence-corrected chi connectivity index (χ2v) is 7.59. The van der Waals surface area contributed by atoms with Crippen LogP contribution in [0.5, 0.6) is 5.75 Å². The predicted octanol–water partition coefficient (Wildman–Crippen LogP) is 1.51. The molecule has 2 atom stereocenters. The third-order valence-electron chi connectivity index (χ3n) is 4.75. The molecule has 2 unspecified atom stereocenters. The number of benzene rings is 1. The van der Waals surface area contributed by atoms with Gasteiger partial charge in [-0.25, -0.2) is 4.79 Å². The van der Waals surface area contributed by atoms with Gasteiger partial charge in [-0.15, -0.1) is 0 Å². The van der Waals surface area contributed by atoms with Crippen LogP contribution in [-0.4, -0.2) is 53.1 Å². The number of carboxylic acids is 1. The second kappa shape index (κ2) is 7.57. The summed E-state index contributed by atoms with van der Waals surface area (Å²) in [6.45, 7) is 2.56. The Morgan fingerprint density at radius 3 is 2.85 bits per heavy atom. The molecule has 26 heavy (non-hydrogen) atoms. The molecule has 0 bridgehead atoms. The van der Waals surface area contributed by atoms with Crippen LogP contribution < -0.4 is 15.0 Å². The Hall–Kier alpha value is -2.22. The topological polar surface area (TPSA) is 95.9 Å². The Balaban J connectivity index is 1.73. The fraction of sp³-hybridized carbons (Fsp3) is 0.500. The minimum Gasteiger partial charge on any atom is -0.492 e. The van der Waals surface area contributed by atoms with E-state index in [1.807, 2.05) is 19.1 Å². The van der Waals surface area contributed by atoms with Crippen molar-refractivity contribution in [1.82, 2.24) is 5.32 Å². The summed E-state index contributed by atoms with van der Waals surface area (Å²) in [5.41, 5.74) is -0.583. The van der Waals surface area contributed by atoms with Gasteiger partial charge in [0.2, 0.25) is 11.8 Å². The molecule has 2 aliphatic rings. The van der Waals surface area contributed by atoms with Crippen LogP contribution >= 0.6 is 11.8 Å². The van der Waals surface area contributed by atoms with Gasteiger partial charge in [-0.05, 0) is 31.2 Å². The quantitative estimate of drug-likeness (QED) is 0.779. The van der Waals surface area contributed by atoms with Crippen LogP contribution in [0.4, 0.5) is 5.69 Å². The van der Waals surface area contributed by atoms with Crippen LogP contribution in [0.1, 0.15) is 19.8 Å². The normalized spacial score (nSPS) is 25.3. The standard InChI is InChI=1S/C18H22N2O5S/c1-2-25-14-6-4-3-5-13(14)20-10-12(9-15(20)21)16(22)19-18(17(23)24)7-8-26-11-18/h3-6,12H,2,7-11H2,1H3,(H,19,22)(H,23,24). The van der Waals surface area contributed by atoms with Crippen molar-refractivity contribution < 1.29 is 24.2 Å². The molecule has 3 rings (SSSR count). The van der Waals surface area contributed by atoms with Gasteiger partial charge in [0.25, 0.3) is 0 Å². The summed E-state index contributed by atoms with van der Waals surface area (Å²) in [6, 6.07) is 7.21. The predicted molar refractivity (Wildman–Crippen MR) is 98.5 cm³/mol. The molecule has 2 aliphatic heterocycles. The first-order chi connectivity index (χ1) is 12.5. The van der Waals surface area contributed by atoms with Gasteiger partial charge in [-0.3, -0.25) is 9.59 Å². The highest BCUT2D eigenvalue weighted by Crippen LogP contribution is 2.34. The van der Waals surface area contributed by atoms with Gasteiger partial charge in [-0.1, -0.05) is 12.1 Å². The summed E-state index contributed by atoms with van der Waals surface area (Å²) in [7, 11) is 0. The summed E-state index contributed by atoms with van der Waals surface area (Å²) in [5.74, 6) is -0.478. The number of nitrogens with zero attached hydrogens (tertiary/aromatic N) is 1. The fourth-order valence-electron chi connectivity index (χ4n) is 3.30. The molecule has 2 fully saturated rings. The van der Waals surface area contributed by atoms with E-state index in [2.05, 4.69) is 5.32 Å². The zero-order valence-electron chi connectivity index (χ0n) is 14.6. The molecule has 0 spiro atoms. The first kappa shape index (κ1) is 18.6. The molecule has 0 radical (unpaired) electrons. The highest BCUT2D eigenvalue weighted by atomic mass is 32.2. The Morgan fingerprint density at radius 1 is 1.42 bits per heavy atom. The molecule has 0 aromatic heterocycles. The number of hydrogen-bond acceptors (Lipinski definition) is 5. The maximum absolute atomic E-state index is 12.7. The van der Waals surface area contributed by atoms with Crippen molar-refractivity contribution in [3.63, 3.8) is 0 Å². The van der Waals surface area contributed by atoms with Gasteiger partial charge in [0.15, 0.2) is 0 Å². The average molecular weight is 378 g/mol. The lowest BCUT2D eigenvalue weighted by molar-refractivity contribution is -0.147. The number of carbonyl (C=O) groups excluding carboxylic acids is 2. The number of hydrogen-bond donors (Lipinski definition) is 2. The lowest BCUT2D eigenvalue weighted by atomic mass is 9.97. The third kappa shape index (κ3) is 3.51. The number of ether oxygens (including phenoxy) is 1. The summed E-state index contributed by atoms with van der Waals surface area (Å²) in [5, 5.41) is 12.2. The van der Waals surface area contributed by atoms with Crippen molar-refractivity contribution in [3.8, 4) is 5.75 Å². The number of nitrogens with one attached hydrogen (secondary N) is 1. The first-order valence-electron chi connectivity index (χ1n) is 8.62. The van der Waals surface area contributed by atoms with Crippen molar-refractivity contribution in [3.05, 3.63) is 24.3 Å². The molecule has 7 nitrogen and oxygen atoms in total. The second-order valence-electron chi connectivity index (χ2n) is 6.49. The zero-order chi connectivity index (χ0) is 18.7. The minimum atomic E-state index is -1.22. The van der Waals surface area contributed by atoms with E-state index in [0.29, 0.717) is 36.0 Å². The van der Waals surface area contributed by atoms with E-state index in [1.54, 1.807) is 17.0 Å². The van der Waals surface area contributed by atoms with Crippen LogP contribution in [-0.2, 0) is 14.4 Å². The summed E-state index contributed by atoms with van der Waals surface area (Å²) in [6.07, 6.45) is 0.464. The molecule has 1 aromatic carbocycles. The first-order valence-corrected chi connectivity index (χ1v) is 9.77. The van der Waals surface area contributed by atoms with Crippen LogP contribution in [0.2, 0.25) is 0 Å². The number of carboxylic acid groups (broad SMARTS) is 1. The molecule has 140 valence electrons. The van der Waals surface area contributed by atoms with E-state index in [1.165, 1.54) is 11.8 Å². The highest BCUT2D eigenvalue weighted by molar-refractivity contribution is 7.99. The molecule has 1 aromatic rings. The minimum absolute atomic E-state index is 0.0646. The van der Waals surface area contributed by atoms with E-state index >= 15 is 0 Å². The Bertz CT molecular complexity index is 717. The van der Waals surface area contributed by atoms with Crippen LogP contribution in [0.15, 0.2) is 24.3 Å². The van der Waals surface area contributed by atoms with Crippen LogP contribution in [0.3, 0.4) is 0 Å². The van der Waals surface area contributed by atoms with Gasteiger partial charge in [-0.2, -0.15) is 11.8 Å². The molecule has 2 heterocycles. The molecular weight excluding hydrogens is 356 g/mol. The molecule has 0 saturated carbocycles. The van der Waals surface area contributed by atoms with E-state index < -0.39 is 17.4 Å². The number of carbonyl (C=O) groups is 3. The number of aliphatic carboxylic acids is 1. The van der Waals surface area contributed by atoms with Gasteiger partial charge >= 0.3 is 5.97 Å². The number of rotatable bonds is 6. The van der Waals surface area contributed by atoms with Crippen molar-refractivity contribution in [1.29, 1.82) is 0 Å². The Labute approximate surface area is 156 Å². The summed E-state index contributed by atoms with van der Waals surface area (Å²) in [4.78, 5) is 38.3. The number of anilines is 1. The number of thioether (sulfide) groups is 1. The third-order valence-corrected chi connectivity index (χ3v) is 5.93. The van der Waals surface area contributed by atoms with Crippen molar-refractivity contribution in [2.24, 2.45) is 5.92 Å². The number of amides is 2. The Kier molecular flexibility index (Phi) is 5.41. The van der Waals surface area contributed by atoms with E-state index in [0.717, 1.165) is 0 Å². The highest BCUT2D eigenvalue weighted by Gasteiger charge is 2.46. The SMILES string of the molecule is CCOc1ccccc1N1CC(C(=O)NC2(C(=O)O)CCSC2)CC1=O. The largest absolute Gasteiger partial charge is 0.492 e. The smallest absolute Gasteiger partial charge is 0.330 e. The fourth-order valence-corrected chi connectivity index (χ4v) is 4.62. The average Bonchev–Trinajstić information content (AvgIpc) is 3.23. The van der Waals surface area contributed by atoms with Gasteiger partial charge < -0.3 is 20.1 Å². The maximum Gasteiger partial charge on any atom is 0.330 e. The number of para-hydroxylation sites is 2. The molecule has 2 saturated heterocycles. The molecule has 0 aliphatic carbocycles. The zero-order valence-corrected chi connectivity index (χ0v) is 15.4. The van der Waals surface area contributed by atoms with Crippen molar-refractivity contribution >= 4 is 35.2 Å². The van der Waals surface area contributed by atoms with E-state index in [4.69, 9.17) is 4.74 Å². The monoisotopic (exact) mass is 378 g/mol. The molecule has 2 N–H and O–H groups in total. The van der Waals surface area contributed by atoms with Crippen molar-refractivity contribution in [2.45, 2.75) is 25.3 Å². The van der Waals surface area contributed by atoms with Gasteiger partial charge in [0, 0.05) is 18.7 Å². The van der Waals surface area contributed by atoms with Crippen LogP contribution in [0, 0.1) is 5.92 Å². The summed E-state index contributed by atoms with van der Waals surface area (Å²) >= 11 is 1.51. The lowest BCUT2D eigenvalue weighted by Crippen LogP contribution is -2.56.